The molecule has 0 heterocycles. The van der Waals surface area contributed by atoms with Crippen LogP contribution < -0.4 is 5.32 Å². The monoisotopic (exact) mass is 219 g/mol. The minimum atomic E-state index is -0.836. The van der Waals surface area contributed by atoms with E-state index < -0.39 is 5.97 Å². The van der Waals surface area contributed by atoms with Gasteiger partial charge < -0.3 is 19.9 Å². The zero-order valence-corrected chi connectivity index (χ0v) is 9.49. The van der Waals surface area contributed by atoms with Gasteiger partial charge >= 0.3 is 5.97 Å². The van der Waals surface area contributed by atoms with E-state index in [0.717, 1.165) is 6.54 Å². The quantitative estimate of drug-likeness (QED) is 0.523. The van der Waals surface area contributed by atoms with Crippen LogP contribution in [0.3, 0.4) is 0 Å². The Labute approximate surface area is 90.8 Å². The van der Waals surface area contributed by atoms with Gasteiger partial charge in [-0.1, -0.05) is 13.8 Å². The third-order valence-electron chi connectivity index (χ3n) is 1.63. The highest BCUT2D eigenvalue weighted by atomic mass is 16.5. The fourth-order valence-corrected chi connectivity index (χ4v) is 0.901. The Morgan fingerprint density at radius 1 is 1.20 bits per heavy atom. The molecule has 0 aliphatic carbocycles. The number of carboxylic acid groups (broad SMARTS) is 1. The number of carbonyl (C=O) groups is 1. The molecule has 0 atom stereocenters. The van der Waals surface area contributed by atoms with Crippen molar-refractivity contribution in [3.63, 3.8) is 0 Å². The lowest BCUT2D eigenvalue weighted by molar-refractivity contribution is -0.138. The second-order valence-electron chi connectivity index (χ2n) is 3.48. The fraction of sp³-hybridized carbons (Fsp3) is 0.900. The number of nitrogens with one attached hydrogen (secondary N) is 1. The van der Waals surface area contributed by atoms with Crippen molar-refractivity contribution in [2.24, 2.45) is 0 Å². The normalized spacial score (nSPS) is 10.9. The molecule has 0 aromatic rings. The average Bonchev–Trinajstić information content (AvgIpc) is 2.14. The van der Waals surface area contributed by atoms with Gasteiger partial charge in [-0.25, -0.2) is 0 Å². The van der Waals surface area contributed by atoms with Crippen molar-refractivity contribution in [1.82, 2.24) is 5.32 Å². The molecule has 5 nitrogen and oxygen atoms in total. The molecule has 90 valence electrons. The van der Waals surface area contributed by atoms with Gasteiger partial charge in [-0.3, -0.25) is 4.79 Å². The molecule has 0 fully saturated rings. The van der Waals surface area contributed by atoms with Crippen molar-refractivity contribution in [3.05, 3.63) is 0 Å². The van der Waals surface area contributed by atoms with Gasteiger partial charge in [0.1, 0.15) is 0 Å². The van der Waals surface area contributed by atoms with Crippen LogP contribution in [0.25, 0.3) is 0 Å². The molecule has 0 unspecified atom stereocenters. The van der Waals surface area contributed by atoms with E-state index in [2.05, 4.69) is 19.2 Å². The summed E-state index contributed by atoms with van der Waals surface area (Å²) in [6.45, 7) is 6.86. The number of hydrogen-bond acceptors (Lipinski definition) is 4. The molecular weight excluding hydrogens is 198 g/mol. The number of rotatable bonds is 10. The van der Waals surface area contributed by atoms with E-state index in [4.69, 9.17) is 14.6 Å². The minimum absolute atomic E-state index is 0.0505. The second-order valence-corrected chi connectivity index (χ2v) is 3.48. The van der Waals surface area contributed by atoms with Crippen LogP contribution in [-0.4, -0.2) is 50.1 Å². The minimum Gasteiger partial charge on any atom is -0.481 e. The average molecular weight is 219 g/mol. The van der Waals surface area contributed by atoms with Gasteiger partial charge in [0.15, 0.2) is 0 Å². The molecule has 0 aliphatic heterocycles. The van der Waals surface area contributed by atoms with Crippen LogP contribution in [0.1, 0.15) is 20.3 Å². The zero-order valence-electron chi connectivity index (χ0n) is 9.49. The molecule has 2 N–H and O–H groups in total. The van der Waals surface area contributed by atoms with Gasteiger partial charge in [-0.15, -0.1) is 0 Å². The van der Waals surface area contributed by atoms with Crippen LogP contribution in [-0.2, 0) is 14.3 Å². The Balaban J connectivity index is 2.96. The maximum absolute atomic E-state index is 10.1. The van der Waals surface area contributed by atoms with E-state index >= 15 is 0 Å². The highest BCUT2D eigenvalue weighted by molar-refractivity contribution is 5.66. The highest BCUT2D eigenvalue weighted by Crippen LogP contribution is 1.84. The Hall–Kier alpha value is -0.650. The lowest BCUT2D eigenvalue weighted by Gasteiger charge is -2.08. The lowest BCUT2D eigenvalue weighted by atomic mass is 10.4. The van der Waals surface area contributed by atoms with Gasteiger partial charge in [0.2, 0.25) is 0 Å². The van der Waals surface area contributed by atoms with Crippen LogP contribution >= 0.6 is 0 Å². The summed E-state index contributed by atoms with van der Waals surface area (Å²) in [6, 6.07) is 0.473. The van der Waals surface area contributed by atoms with Crippen LogP contribution in [0.4, 0.5) is 0 Å². The Bertz CT molecular complexity index is 162. The van der Waals surface area contributed by atoms with E-state index in [-0.39, 0.29) is 13.0 Å². The first kappa shape index (κ1) is 14.3. The van der Waals surface area contributed by atoms with Gasteiger partial charge in [-0.2, -0.15) is 0 Å². The molecule has 15 heavy (non-hydrogen) atoms. The van der Waals surface area contributed by atoms with Gasteiger partial charge in [0.25, 0.3) is 0 Å². The Morgan fingerprint density at radius 2 is 1.80 bits per heavy atom. The molecule has 0 rings (SSSR count). The summed E-state index contributed by atoms with van der Waals surface area (Å²) >= 11 is 0. The first-order chi connectivity index (χ1) is 7.13. The SMILES string of the molecule is CC(C)NCCOCCOCCC(=O)O. The van der Waals surface area contributed by atoms with Crippen molar-refractivity contribution in [2.75, 3.05) is 33.0 Å². The second kappa shape index (κ2) is 9.89. The fourth-order valence-electron chi connectivity index (χ4n) is 0.901. The predicted molar refractivity (Wildman–Crippen MR) is 57.0 cm³/mol. The van der Waals surface area contributed by atoms with Gasteiger partial charge in [0, 0.05) is 12.6 Å². The topological polar surface area (TPSA) is 67.8 Å². The maximum Gasteiger partial charge on any atom is 0.305 e. The van der Waals surface area contributed by atoms with Crippen LogP contribution in [0.15, 0.2) is 0 Å². The van der Waals surface area contributed by atoms with Crippen molar-refractivity contribution < 1.29 is 19.4 Å². The first-order valence-corrected chi connectivity index (χ1v) is 5.23. The molecule has 0 aromatic carbocycles. The van der Waals surface area contributed by atoms with E-state index in [0.29, 0.717) is 25.9 Å². The summed E-state index contributed by atoms with van der Waals surface area (Å²) in [7, 11) is 0. The summed E-state index contributed by atoms with van der Waals surface area (Å²) in [5.41, 5.74) is 0. The molecular formula is C10H21NO4. The molecule has 0 amide bonds. The number of ether oxygens (including phenoxy) is 2. The maximum atomic E-state index is 10.1. The van der Waals surface area contributed by atoms with Crippen LogP contribution in [0.5, 0.6) is 0 Å². The summed E-state index contributed by atoms with van der Waals surface area (Å²) < 4.78 is 10.3. The van der Waals surface area contributed by atoms with Crippen molar-refractivity contribution >= 4 is 5.97 Å². The van der Waals surface area contributed by atoms with E-state index in [1.165, 1.54) is 0 Å². The van der Waals surface area contributed by atoms with Gasteiger partial charge in [-0.05, 0) is 0 Å². The van der Waals surface area contributed by atoms with E-state index in [9.17, 15) is 4.79 Å². The van der Waals surface area contributed by atoms with Crippen molar-refractivity contribution in [3.8, 4) is 0 Å². The molecule has 5 heteroatoms. The molecule has 0 radical (unpaired) electrons. The third-order valence-corrected chi connectivity index (χ3v) is 1.63. The summed E-state index contributed by atoms with van der Waals surface area (Å²) in [5.74, 6) is -0.836. The largest absolute Gasteiger partial charge is 0.481 e. The molecule has 0 aliphatic rings. The number of aliphatic carboxylic acids is 1. The molecule has 0 aromatic heterocycles. The first-order valence-electron chi connectivity index (χ1n) is 5.23. The van der Waals surface area contributed by atoms with E-state index in [1.807, 2.05) is 0 Å². The Morgan fingerprint density at radius 3 is 2.33 bits per heavy atom. The number of hydrogen-bond donors (Lipinski definition) is 2. The molecule has 0 bridgehead atoms. The predicted octanol–water partition coefficient (Wildman–Crippen LogP) is 0.492. The smallest absolute Gasteiger partial charge is 0.305 e. The van der Waals surface area contributed by atoms with E-state index in [1.54, 1.807) is 0 Å². The van der Waals surface area contributed by atoms with Crippen LogP contribution in [0, 0.1) is 0 Å². The third kappa shape index (κ3) is 13.3. The molecule has 0 spiro atoms. The molecule has 0 saturated heterocycles. The van der Waals surface area contributed by atoms with Crippen LogP contribution in [0.2, 0.25) is 0 Å². The van der Waals surface area contributed by atoms with Crippen molar-refractivity contribution in [2.45, 2.75) is 26.3 Å². The summed E-state index contributed by atoms with van der Waals surface area (Å²) in [4.78, 5) is 10.1. The highest BCUT2D eigenvalue weighted by Gasteiger charge is 1.96. The Kier molecular flexibility index (Phi) is 9.46. The lowest BCUT2D eigenvalue weighted by Crippen LogP contribution is -2.27. The zero-order chi connectivity index (χ0) is 11.5. The number of carboxylic acids is 1. The summed E-state index contributed by atoms with van der Waals surface area (Å²) in [6.07, 6.45) is 0.0505. The summed E-state index contributed by atoms with van der Waals surface area (Å²) in [5, 5.41) is 11.5. The van der Waals surface area contributed by atoms with Gasteiger partial charge in [0.05, 0.1) is 32.8 Å². The van der Waals surface area contributed by atoms with Crippen molar-refractivity contribution in [1.29, 1.82) is 0 Å². The standard InChI is InChI=1S/C10H21NO4/c1-9(2)11-4-6-15-8-7-14-5-3-10(12)13/h9,11H,3-8H2,1-2H3,(H,12,13). The molecule has 0 saturated carbocycles.